The van der Waals surface area contributed by atoms with E-state index in [9.17, 15) is 4.79 Å². The second-order valence-corrected chi connectivity index (χ2v) is 3.63. The van der Waals surface area contributed by atoms with Crippen LogP contribution in [0.4, 0.5) is 0 Å². The molecule has 2 heterocycles. The molecule has 1 fully saturated rings. The van der Waals surface area contributed by atoms with Gasteiger partial charge in [-0.05, 0) is 25.9 Å². The van der Waals surface area contributed by atoms with Crippen molar-refractivity contribution < 1.29 is 4.79 Å². The van der Waals surface area contributed by atoms with Crippen LogP contribution >= 0.6 is 0 Å². The molecule has 5 nitrogen and oxygen atoms in total. The van der Waals surface area contributed by atoms with Gasteiger partial charge in [-0.1, -0.05) is 5.21 Å². The van der Waals surface area contributed by atoms with Crippen molar-refractivity contribution in [2.75, 3.05) is 13.1 Å². The summed E-state index contributed by atoms with van der Waals surface area (Å²) >= 11 is 0. The summed E-state index contributed by atoms with van der Waals surface area (Å²) in [6, 6.07) is 0. The van der Waals surface area contributed by atoms with E-state index in [1.165, 1.54) is 0 Å². The molecule has 1 aliphatic heterocycles. The van der Waals surface area contributed by atoms with Crippen molar-refractivity contribution in [2.24, 2.45) is 13.0 Å². The summed E-state index contributed by atoms with van der Waals surface area (Å²) in [7, 11) is 1.75. The zero-order valence-electron chi connectivity index (χ0n) is 8.23. The first kappa shape index (κ1) is 9.33. The number of carbonyl (C=O) groups is 1. The van der Waals surface area contributed by atoms with E-state index < -0.39 is 0 Å². The Hall–Kier alpha value is -1.23. The fourth-order valence-electron chi connectivity index (χ4n) is 1.81. The fourth-order valence-corrected chi connectivity index (χ4v) is 1.81. The minimum absolute atomic E-state index is 0.147. The molecule has 76 valence electrons. The third-order valence-electron chi connectivity index (χ3n) is 2.68. The summed E-state index contributed by atoms with van der Waals surface area (Å²) in [5, 5.41) is 10.7. The second kappa shape index (κ2) is 3.88. The average Bonchev–Trinajstić information content (AvgIpc) is 2.65. The van der Waals surface area contributed by atoms with Gasteiger partial charge < -0.3 is 5.32 Å². The standard InChI is InChI=1S/C9H14N4O/c1-13-8(6-11-12-13)9(14)7-2-4-10-5-3-7/h6-7,10H,2-5H2,1H3. The van der Waals surface area contributed by atoms with E-state index in [1.807, 2.05) is 0 Å². The van der Waals surface area contributed by atoms with Gasteiger partial charge >= 0.3 is 0 Å². The van der Waals surface area contributed by atoms with Crippen molar-refractivity contribution in [3.63, 3.8) is 0 Å². The summed E-state index contributed by atoms with van der Waals surface area (Å²) in [6.45, 7) is 1.86. The molecular formula is C9H14N4O. The van der Waals surface area contributed by atoms with Gasteiger partial charge in [-0.15, -0.1) is 5.10 Å². The molecule has 14 heavy (non-hydrogen) atoms. The van der Waals surface area contributed by atoms with Crippen LogP contribution in [0.3, 0.4) is 0 Å². The highest BCUT2D eigenvalue weighted by Crippen LogP contribution is 2.16. The van der Waals surface area contributed by atoms with E-state index in [2.05, 4.69) is 15.6 Å². The summed E-state index contributed by atoms with van der Waals surface area (Å²) in [5.41, 5.74) is 0.622. The molecule has 1 aromatic rings. The van der Waals surface area contributed by atoms with Crippen LogP contribution in [-0.4, -0.2) is 33.9 Å². The molecule has 2 rings (SSSR count). The van der Waals surface area contributed by atoms with Gasteiger partial charge in [0.05, 0.1) is 6.20 Å². The Morgan fingerprint density at radius 3 is 2.86 bits per heavy atom. The smallest absolute Gasteiger partial charge is 0.185 e. The average molecular weight is 194 g/mol. The zero-order valence-corrected chi connectivity index (χ0v) is 8.23. The molecule has 0 atom stereocenters. The molecule has 0 amide bonds. The van der Waals surface area contributed by atoms with E-state index >= 15 is 0 Å². The SMILES string of the molecule is Cn1nncc1C(=O)C1CCNCC1. The normalized spacial score (nSPS) is 18.4. The molecule has 0 bridgehead atoms. The first-order valence-corrected chi connectivity index (χ1v) is 4.88. The van der Waals surface area contributed by atoms with Crippen molar-refractivity contribution in [1.29, 1.82) is 0 Å². The van der Waals surface area contributed by atoms with E-state index in [4.69, 9.17) is 0 Å². The highest BCUT2D eigenvalue weighted by molar-refractivity contribution is 5.96. The second-order valence-electron chi connectivity index (χ2n) is 3.63. The molecule has 0 aliphatic carbocycles. The van der Waals surface area contributed by atoms with E-state index in [-0.39, 0.29) is 11.7 Å². The number of ketones is 1. The van der Waals surface area contributed by atoms with Crippen molar-refractivity contribution >= 4 is 5.78 Å². The predicted molar refractivity (Wildman–Crippen MR) is 50.9 cm³/mol. The summed E-state index contributed by atoms with van der Waals surface area (Å²) in [5.74, 6) is 0.326. The summed E-state index contributed by atoms with van der Waals surface area (Å²) in [4.78, 5) is 12.0. The Bertz CT molecular complexity index is 327. The molecule has 1 N–H and O–H groups in total. The van der Waals surface area contributed by atoms with E-state index in [0.29, 0.717) is 5.69 Å². The number of hydrogen-bond donors (Lipinski definition) is 1. The van der Waals surface area contributed by atoms with E-state index in [0.717, 1.165) is 25.9 Å². The highest BCUT2D eigenvalue weighted by atomic mass is 16.1. The molecule has 0 aromatic carbocycles. The quantitative estimate of drug-likeness (QED) is 0.673. The Kier molecular flexibility index (Phi) is 2.58. The third kappa shape index (κ3) is 1.68. The Balaban J connectivity index is 2.11. The molecular weight excluding hydrogens is 180 g/mol. The van der Waals surface area contributed by atoms with Gasteiger partial charge in [0.15, 0.2) is 5.78 Å². The van der Waals surface area contributed by atoms with Gasteiger partial charge in [-0.25, -0.2) is 4.68 Å². The predicted octanol–water partition coefficient (Wildman–Crippen LogP) is -0.00260. The van der Waals surface area contributed by atoms with Crippen LogP contribution in [0.2, 0.25) is 0 Å². The Morgan fingerprint density at radius 1 is 1.57 bits per heavy atom. The third-order valence-corrected chi connectivity index (χ3v) is 2.68. The van der Waals surface area contributed by atoms with Gasteiger partial charge in [0.2, 0.25) is 0 Å². The summed E-state index contributed by atoms with van der Waals surface area (Å²) < 4.78 is 1.55. The minimum atomic E-state index is 0.147. The lowest BCUT2D eigenvalue weighted by atomic mass is 9.92. The first-order valence-electron chi connectivity index (χ1n) is 4.88. The van der Waals surface area contributed by atoms with Crippen molar-refractivity contribution in [1.82, 2.24) is 20.3 Å². The van der Waals surface area contributed by atoms with Gasteiger partial charge in [-0.2, -0.15) is 0 Å². The minimum Gasteiger partial charge on any atom is -0.317 e. The Labute approximate surface area is 82.5 Å². The number of aryl methyl sites for hydroxylation is 1. The van der Waals surface area contributed by atoms with Gasteiger partial charge in [0, 0.05) is 13.0 Å². The highest BCUT2D eigenvalue weighted by Gasteiger charge is 2.24. The summed E-state index contributed by atoms with van der Waals surface area (Å²) in [6.07, 6.45) is 3.39. The number of nitrogens with zero attached hydrogens (tertiary/aromatic N) is 3. The fraction of sp³-hybridized carbons (Fsp3) is 0.667. The largest absolute Gasteiger partial charge is 0.317 e. The van der Waals surface area contributed by atoms with Crippen LogP contribution in [0, 0.1) is 5.92 Å². The number of carbonyl (C=O) groups excluding carboxylic acids is 1. The monoisotopic (exact) mass is 194 g/mol. The number of aromatic nitrogens is 3. The molecule has 0 radical (unpaired) electrons. The molecule has 5 heteroatoms. The molecule has 0 unspecified atom stereocenters. The van der Waals surface area contributed by atoms with Crippen LogP contribution in [0.5, 0.6) is 0 Å². The molecule has 1 aliphatic rings. The number of rotatable bonds is 2. The first-order chi connectivity index (χ1) is 6.79. The molecule has 1 aromatic heterocycles. The lowest BCUT2D eigenvalue weighted by Crippen LogP contribution is -2.32. The molecule has 0 saturated carbocycles. The maximum Gasteiger partial charge on any atom is 0.185 e. The lowest BCUT2D eigenvalue weighted by molar-refractivity contribution is 0.0885. The van der Waals surface area contributed by atoms with Crippen molar-refractivity contribution in [3.8, 4) is 0 Å². The van der Waals surface area contributed by atoms with Crippen LogP contribution < -0.4 is 5.32 Å². The number of Topliss-reactive ketones (excluding diaryl/α,β-unsaturated/α-hetero) is 1. The zero-order chi connectivity index (χ0) is 9.97. The van der Waals surface area contributed by atoms with Gasteiger partial charge in [-0.3, -0.25) is 4.79 Å². The van der Waals surface area contributed by atoms with Gasteiger partial charge in [0.25, 0.3) is 0 Å². The maximum atomic E-state index is 12.0. The number of piperidine rings is 1. The topological polar surface area (TPSA) is 59.8 Å². The van der Waals surface area contributed by atoms with Crippen molar-refractivity contribution in [2.45, 2.75) is 12.8 Å². The number of nitrogens with one attached hydrogen (secondary N) is 1. The van der Waals surface area contributed by atoms with Crippen LogP contribution in [-0.2, 0) is 7.05 Å². The number of hydrogen-bond acceptors (Lipinski definition) is 4. The van der Waals surface area contributed by atoms with E-state index in [1.54, 1.807) is 17.9 Å². The maximum absolute atomic E-state index is 12.0. The lowest BCUT2D eigenvalue weighted by Gasteiger charge is -2.20. The molecule has 0 spiro atoms. The van der Waals surface area contributed by atoms with Crippen LogP contribution in [0.15, 0.2) is 6.20 Å². The van der Waals surface area contributed by atoms with Crippen LogP contribution in [0.1, 0.15) is 23.3 Å². The van der Waals surface area contributed by atoms with Crippen LogP contribution in [0.25, 0.3) is 0 Å². The Morgan fingerprint density at radius 2 is 2.29 bits per heavy atom. The van der Waals surface area contributed by atoms with Gasteiger partial charge in [0.1, 0.15) is 5.69 Å². The van der Waals surface area contributed by atoms with Crippen molar-refractivity contribution in [3.05, 3.63) is 11.9 Å². The molecule has 1 saturated heterocycles.